The number of hydrogen-bond donors (Lipinski definition) is 2. The van der Waals surface area contributed by atoms with Gasteiger partial charge in [0.2, 0.25) is 5.91 Å². The van der Waals surface area contributed by atoms with Crippen molar-refractivity contribution in [3.05, 3.63) is 0 Å². The fourth-order valence-corrected chi connectivity index (χ4v) is 2.06. The molecule has 0 atom stereocenters. The van der Waals surface area contributed by atoms with Gasteiger partial charge in [-0.05, 0) is 19.3 Å². The average molecular weight is 171 g/mol. The lowest BCUT2D eigenvalue weighted by Gasteiger charge is -2.33. The van der Waals surface area contributed by atoms with Crippen molar-refractivity contribution in [1.82, 2.24) is 0 Å². The maximum Gasteiger partial charge on any atom is 0.223 e. The summed E-state index contributed by atoms with van der Waals surface area (Å²) in [4.78, 5) is 11.2. The van der Waals surface area contributed by atoms with Crippen molar-refractivity contribution in [3.8, 4) is 0 Å². The first kappa shape index (κ1) is 9.52. The van der Waals surface area contributed by atoms with Gasteiger partial charge < -0.3 is 10.8 Å². The first-order chi connectivity index (χ1) is 5.71. The smallest absolute Gasteiger partial charge is 0.223 e. The summed E-state index contributed by atoms with van der Waals surface area (Å²) in [7, 11) is 0. The molecule has 70 valence electrons. The largest absolute Gasteiger partial charge is 0.396 e. The van der Waals surface area contributed by atoms with Gasteiger partial charge in [0.1, 0.15) is 0 Å². The van der Waals surface area contributed by atoms with E-state index in [2.05, 4.69) is 0 Å². The fraction of sp³-hybridized carbons (Fsp3) is 0.889. The Kier molecular flexibility index (Phi) is 3.09. The first-order valence-corrected chi connectivity index (χ1v) is 4.62. The van der Waals surface area contributed by atoms with E-state index in [1.54, 1.807) is 0 Å². The van der Waals surface area contributed by atoms with Gasteiger partial charge in [-0.1, -0.05) is 19.3 Å². The molecule has 0 unspecified atom stereocenters. The van der Waals surface area contributed by atoms with Crippen LogP contribution in [0, 0.1) is 5.41 Å². The van der Waals surface area contributed by atoms with Crippen LogP contribution in [0.3, 0.4) is 0 Å². The van der Waals surface area contributed by atoms with Gasteiger partial charge in [-0.2, -0.15) is 0 Å². The van der Waals surface area contributed by atoms with E-state index in [1.807, 2.05) is 0 Å². The van der Waals surface area contributed by atoms with Crippen molar-refractivity contribution < 1.29 is 9.90 Å². The molecule has 0 aromatic heterocycles. The zero-order valence-electron chi connectivity index (χ0n) is 7.38. The van der Waals surface area contributed by atoms with Crippen LogP contribution in [0.5, 0.6) is 0 Å². The van der Waals surface area contributed by atoms with Gasteiger partial charge in [-0.25, -0.2) is 0 Å². The van der Waals surface area contributed by atoms with E-state index in [-0.39, 0.29) is 17.9 Å². The normalized spacial score (nSPS) is 22.1. The van der Waals surface area contributed by atoms with Gasteiger partial charge in [0.05, 0.1) is 5.41 Å². The lowest BCUT2D eigenvalue weighted by Crippen LogP contribution is -2.39. The minimum absolute atomic E-state index is 0.0724. The van der Waals surface area contributed by atoms with E-state index < -0.39 is 0 Å². The number of carbonyl (C=O) groups is 1. The number of nitrogens with two attached hydrogens (primary N) is 1. The van der Waals surface area contributed by atoms with Gasteiger partial charge in [0.25, 0.3) is 0 Å². The van der Waals surface area contributed by atoms with E-state index in [4.69, 9.17) is 10.8 Å². The highest BCUT2D eigenvalue weighted by atomic mass is 16.3. The Labute approximate surface area is 72.9 Å². The molecular formula is C9H17NO2. The molecule has 12 heavy (non-hydrogen) atoms. The lowest BCUT2D eigenvalue weighted by molar-refractivity contribution is -0.130. The summed E-state index contributed by atoms with van der Waals surface area (Å²) < 4.78 is 0. The Morgan fingerprint density at radius 1 is 1.33 bits per heavy atom. The average Bonchev–Trinajstić information content (AvgIpc) is 2.06. The molecule has 3 N–H and O–H groups in total. The number of aliphatic hydroxyl groups is 1. The van der Waals surface area contributed by atoms with Crippen molar-refractivity contribution >= 4 is 5.91 Å². The van der Waals surface area contributed by atoms with Crippen LogP contribution in [0.4, 0.5) is 0 Å². The van der Waals surface area contributed by atoms with Crippen LogP contribution in [0.1, 0.15) is 38.5 Å². The molecule has 0 aliphatic heterocycles. The summed E-state index contributed by atoms with van der Waals surface area (Å²) in [5.41, 5.74) is 4.96. The Balaban J connectivity index is 2.63. The van der Waals surface area contributed by atoms with Crippen LogP contribution in [0.15, 0.2) is 0 Å². The molecule has 0 spiro atoms. The molecular weight excluding hydrogens is 154 g/mol. The van der Waals surface area contributed by atoms with E-state index in [9.17, 15) is 4.79 Å². The van der Waals surface area contributed by atoms with Gasteiger partial charge in [-0.3, -0.25) is 4.79 Å². The Hall–Kier alpha value is -0.570. The van der Waals surface area contributed by atoms with Crippen LogP contribution in [-0.2, 0) is 4.79 Å². The molecule has 1 aliphatic carbocycles. The van der Waals surface area contributed by atoms with Crippen LogP contribution < -0.4 is 5.73 Å². The number of carbonyl (C=O) groups excluding carboxylic acids is 1. The highest BCUT2D eigenvalue weighted by Crippen LogP contribution is 2.38. The van der Waals surface area contributed by atoms with Gasteiger partial charge in [0.15, 0.2) is 0 Å². The van der Waals surface area contributed by atoms with Gasteiger partial charge >= 0.3 is 0 Å². The Bertz CT molecular complexity index is 156. The summed E-state index contributed by atoms with van der Waals surface area (Å²) in [6.07, 6.45) is 5.61. The summed E-state index contributed by atoms with van der Waals surface area (Å²) in [6, 6.07) is 0. The van der Waals surface area contributed by atoms with Crippen molar-refractivity contribution in [1.29, 1.82) is 0 Å². The zero-order valence-corrected chi connectivity index (χ0v) is 7.38. The van der Waals surface area contributed by atoms with Crippen LogP contribution in [-0.4, -0.2) is 17.6 Å². The van der Waals surface area contributed by atoms with Crippen molar-refractivity contribution in [2.75, 3.05) is 6.61 Å². The third-order valence-corrected chi connectivity index (χ3v) is 2.92. The van der Waals surface area contributed by atoms with Crippen LogP contribution >= 0.6 is 0 Å². The minimum Gasteiger partial charge on any atom is -0.396 e. The standard InChI is InChI=1S/C9H17NO2/c10-8(12)9(6-7-11)4-2-1-3-5-9/h11H,1-7H2,(H2,10,12). The highest BCUT2D eigenvalue weighted by Gasteiger charge is 2.36. The molecule has 1 aliphatic rings. The monoisotopic (exact) mass is 171 g/mol. The van der Waals surface area contributed by atoms with Crippen molar-refractivity contribution in [3.63, 3.8) is 0 Å². The molecule has 3 nitrogen and oxygen atoms in total. The first-order valence-electron chi connectivity index (χ1n) is 4.62. The molecule has 0 heterocycles. The molecule has 3 heteroatoms. The summed E-state index contributed by atoms with van der Waals surface area (Å²) in [5.74, 6) is -0.226. The number of primary amides is 1. The number of aliphatic hydroxyl groups excluding tert-OH is 1. The maximum atomic E-state index is 11.2. The molecule has 1 amide bonds. The predicted octanol–water partition coefficient (Wildman–Crippen LogP) is 0.805. The SMILES string of the molecule is NC(=O)C1(CCO)CCCCC1. The topological polar surface area (TPSA) is 63.3 Å². The second kappa shape index (κ2) is 3.90. The molecule has 0 aromatic rings. The fourth-order valence-electron chi connectivity index (χ4n) is 2.06. The summed E-state index contributed by atoms with van der Waals surface area (Å²) in [6.45, 7) is 0.0724. The summed E-state index contributed by atoms with van der Waals surface area (Å²) in [5, 5.41) is 8.82. The van der Waals surface area contributed by atoms with Crippen molar-refractivity contribution in [2.45, 2.75) is 38.5 Å². The second-order valence-electron chi connectivity index (χ2n) is 3.68. The molecule has 0 radical (unpaired) electrons. The summed E-state index contributed by atoms with van der Waals surface area (Å²) >= 11 is 0. The van der Waals surface area contributed by atoms with E-state index in [0.717, 1.165) is 25.7 Å². The quantitative estimate of drug-likeness (QED) is 0.660. The molecule has 0 aromatic carbocycles. The van der Waals surface area contributed by atoms with E-state index in [0.29, 0.717) is 6.42 Å². The van der Waals surface area contributed by atoms with Crippen LogP contribution in [0.25, 0.3) is 0 Å². The third-order valence-electron chi connectivity index (χ3n) is 2.92. The maximum absolute atomic E-state index is 11.2. The van der Waals surface area contributed by atoms with Crippen molar-refractivity contribution in [2.24, 2.45) is 11.1 Å². The molecule has 1 saturated carbocycles. The highest BCUT2D eigenvalue weighted by molar-refractivity contribution is 5.80. The third kappa shape index (κ3) is 1.78. The minimum atomic E-state index is -0.382. The lowest BCUT2D eigenvalue weighted by atomic mass is 9.71. The van der Waals surface area contributed by atoms with E-state index in [1.165, 1.54) is 6.42 Å². The predicted molar refractivity (Wildman–Crippen MR) is 46.4 cm³/mol. The number of rotatable bonds is 3. The molecule has 0 saturated heterocycles. The molecule has 1 rings (SSSR count). The van der Waals surface area contributed by atoms with Gasteiger partial charge in [0, 0.05) is 6.61 Å². The van der Waals surface area contributed by atoms with Crippen LogP contribution in [0.2, 0.25) is 0 Å². The Morgan fingerprint density at radius 2 is 1.92 bits per heavy atom. The Morgan fingerprint density at radius 3 is 2.33 bits per heavy atom. The van der Waals surface area contributed by atoms with Gasteiger partial charge in [-0.15, -0.1) is 0 Å². The zero-order chi connectivity index (χ0) is 9.03. The molecule has 0 bridgehead atoms. The van der Waals surface area contributed by atoms with E-state index >= 15 is 0 Å². The molecule has 1 fully saturated rings. The number of hydrogen-bond acceptors (Lipinski definition) is 2. The second-order valence-corrected chi connectivity index (χ2v) is 3.68. The number of amides is 1.